The van der Waals surface area contributed by atoms with Crippen molar-refractivity contribution >= 4 is 23.4 Å². The number of carbonyl (C=O) groups is 1. The number of nitrogens with two attached hydrogens (primary N) is 2. The molecule has 0 spiro atoms. The van der Waals surface area contributed by atoms with E-state index in [1.165, 1.54) is 0 Å². The standard InChI is InChI=1S/C13H22N8O/c1-9-6-13(19-18-9)17-10(14)7-11(15)21-4-2-20(3-5-21)8-12(16)22/h6,15H,2-5,7-8H2,1H3,(H2,16,22)(H3,14,17,18,19). The van der Waals surface area contributed by atoms with Crippen LogP contribution in [0.4, 0.5) is 5.82 Å². The number of carbonyl (C=O) groups excluding carboxylic acids is 1. The van der Waals surface area contributed by atoms with Crippen LogP contribution in [0.5, 0.6) is 0 Å². The van der Waals surface area contributed by atoms with Crippen molar-refractivity contribution in [1.82, 2.24) is 20.0 Å². The molecule has 0 saturated carbocycles. The monoisotopic (exact) mass is 306 g/mol. The normalized spacial score (nSPS) is 16.8. The van der Waals surface area contributed by atoms with Crippen LogP contribution in [0, 0.1) is 12.3 Å². The van der Waals surface area contributed by atoms with Gasteiger partial charge in [-0.1, -0.05) is 0 Å². The lowest BCUT2D eigenvalue weighted by Crippen LogP contribution is -2.50. The van der Waals surface area contributed by atoms with Gasteiger partial charge in [-0.3, -0.25) is 20.2 Å². The number of aromatic nitrogens is 2. The molecule has 0 aliphatic carbocycles. The van der Waals surface area contributed by atoms with Crippen LogP contribution >= 0.6 is 0 Å². The molecule has 0 radical (unpaired) electrons. The minimum absolute atomic E-state index is 0.267. The van der Waals surface area contributed by atoms with E-state index in [-0.39, 0.29) is 18.9 Å². The highest BCUT2D eigenvalue weighted by atomic mass is 16.1. The lowest BCUT2D eigenvalue weighted by atomic mass is 10.2. The Bertz CT molecular complexity index is 570. The Kier molecular flexibility index (Phi) is 5.10. The number of nitrogens with zero attached hydrogens (tertiary/aromatic N) is 4. The third-order valence-electron chi connectivity index (χ3n) is 3.43. The van der Waals surface area contributed by atoms with Crippen LogP contribution < -0.4 is 11.5 Å². The van der Waals surface area contributed by atoms with Crippen LogP contribution in [0.25, 0.3) is 0 Å². The van der Waals surface area contributed by atoms with Gasteiger partial charge in [0.2, 0.25) is 5.91 Å². The Morgan fingerprint density at radius 2 is 2.09 bits per heavy atom. The summed E-state index contributed by atoms with van der Waals surface area (Å²) >= 11 is 0. The van der Waals surface area contributed by atoms with Gasteiger partial charge >= 0.3 is 0 Å². The van der Waals surface area contributed by atoms with Gasteiger partial charge in [-0.2, -0.15) is 5.10 Å². The summed E-state index contributed by atoms with van der Waals surface area (Å²) in [6, 6.07) is 1.79. The van der Waals surface area contributed by atoms with Crippen LogP contribution in [-0.4, -0.2) is 70.3 Å². The fourth-order valence-electron chi connectivity index (χ4n) is 2.33. The zero-order chi connectivity index (χ0) is 16.1. The van der Waals surface area contributed by atoms with Crippen LogP contribution in [-0.2, 0) is 4.79 Å². The molecule has 120 valence electrons. The number of rotatable bonds is 5. The van der Waals surface area contributed by atoms with Gasteiger partial charge < -0.3 is 16.4 Å². The van der Waals surface area contributed by atoms with Gasteiger partial charge in [0, 0.05) is 37.9 Å². The third-order valence-corrected chi connectivity index (χ3v) is 3.43. The van der Waals surface area contributed by atoms with Crippen LogP contribution in [0.1, 0.15) is 12.1 Å². The lowest BCUT2D eigenvalue weighted by molar-refractivity contribution is -0.119. The van der Waals surface area contributed by atoms with E-state index in [4.69, 9.17) is 16.9 Å². The van der Waals surface area contributed by atoms with E-state index in [0.29, 0.717) is 43.7 Å². The van der Waals surface area contributed by atoms with Gasteiger partial charge in [0.25, 0.3) is 0 Å². The fraction of sp³-hybridized carbons (Fsp3) is 0.538. The number of piperazine rings is 1. The third kappa shape index (κ3) is 4.55. The molecule has 1 amide bonds. The molecule has 1 fully saturated rings. The predicted octanol–water partition coefficient (Wildman–Crippen LogP) is -0.823. The largest absolute Gasteiger partial charge is 0.387 e. The first kappa shape index (κ1) is 16.0. The summed E-state index contributed by atoms with van der Waals surface area (Å²) in [4.78, 5) is 19.0. The molecule has 9 heteroatoms. The highest BCUT2D eigenvalue weighted by Gasteiger charge is 2.20. The van der Waals surface area contributed by atoms with E-state index in [2.05, 4.69) is 15.2 Å². The number of amides is 1. The SMILES string of the molecule is Cc1cc(N=C(N)CC(=N)N2CCN(CC(N)=O)CC2)n[nH]1. The minimum atomic E-state index is -0.325. The number of aliphatic imine (C=N–C) groups is 1. The number of hydrogen-bond donors (Lipinski definition) is 4. The van der Waals surface area contributed by atoms with E-state index in [9.17, 15) is 4.79 Å². The molecule has 1 saturated heterocycles. The topological polar surface area (TPSA) is 140 Å². The number of aromatic amines is 1. The summed E-state index contributed by atoms with van der Waals surface area (Å²) in [5, 5.41) is 14.9. The fourth-order valence-corrected chi connectivity index (χ4v) is 2.33. The highest BCUT2D eigenvalue weighted by Crippen LogP contribution is 2.09. The summed E-state index contributed by atoms with van der Waals surface area (Å²) in [5.74, 6) is 0.978. The van der Waals surface area contributed by atoms with Crippen molar-refractivity contribution in [2.75, 3.05) is 32.7 Å². The smallest absolute Gasteiger partial charge is 0.231 e. The summed E-state index contributed by atoms with van der Waals surface area (Å²) in [5.41, 5.74) is 12.0. The Hall–Kier alpha value is -2.42. The van der Waals surface area contributed by atoms with Crippen molar-refractivity contribution in [2.24, 2.45) is 16.5 Å². The molecule has 0 aromatic carbocycles. The second-order valence-electron chi connectivity index (χ2n) is 5.37. The zero-order valence-corrected chi connectivity index (χ0v) is 12.7. The minimum Gasteiger partial charge on any atom is -0.387 e. The molecule has 0 bridgehead atoms. The Morgan fingerprint density at radius 3 is 2.64 bits per heavy atom. The average Bonchev–Trinajstić information content (AvgIpc) is 2.83. The highest BCUT2D eigenvalue weighted by molar-refractivity contribution is 6.01. The second-order valence-corrected chi connectivity index (χ2v) is 5.37. The van der Waals surface area contributed by atoms with Crippen molar-refractivity contribution in [3.8, 4) is 0 Å². The number of primary amides is 1. The molecule has 1 aromatic heterocycles. The first-order chi connectivity index (χ1) is 10.4. The summed E-state index contributed by atoms with van der Waals surface area (Å²) < 4.78 is 0. The first-order valence-corrected chi connectivity index (χ1v) is 7.12. The van der Waals surface area contributed by atoms with E-state index in [1.54, 1.807) is 6.07 Å². The molecule has 1 aliphatic heterocycles. The molecule has 22 heavy (non-hydrogen) atoms. The molecule has 0 unspecified atom stereocenters. The summed E-state index contributed by atoms with van der Waals surface area (Å²) in [6.07, 6.45) is 0.279. The molecular weight excluding hydrogens is 284 g/mol. The quantitative estimate of drug-likeness (QED) is 0.415. The van der Waals surface area contributed by atoms with Gasteiger partial charge in [0.1, 0.15) is 11.7 Å². The van der Waals surface area contributed by atoms with Crippen LogP contribution in [0.15, 0.2) is 11.1 Å². The Morgan fingerprint density at radius 1 is 1.41 bits per heavy atom. The van der Waals surface area contributed by atoms with Crippen molar-refractivity contribution in [1.29, 1.82) is 5.41 Å². The maximum atomic E-state index is 10.9. The molecule has 9 nitrogen and oxygen atoms in total. The van der Waals surface area contributed by atoms with Crippen molar-refractivity contribution in [2.45, 2.75) is 13.3 Å². The molecule has 1 aliphatic rings. The Labute approximate surface area is 128 Å². The Balaban J connectivity index is 1.83. The van der Waals surface area contributed by atoms with Gasteiger partial charge in [0.15, 0.2) is 5.82 Å². The van der Waals surface area contributed by atoms with Crippen molar-refractivity contribution in [3.63, 3.8) is 0 Å². The zero-order valence-electron chi connectivity index (χ0n) is 12.7. The van der Waals surface area contributed by atoms with Gasteiger partial charge in [0.05, 0.1) is 13.0 Å². The summed E-state index contributed by atoms with van der Waals surface area (Å²) in [6.45, 7) is 4.93. The maximum Gasteiger partial charge on any atom is 0.231 e. The number of nitrogens with one attached hydrogen (secondary N) is 2. The second kappa shape index (κ2) is 7.03. The number of amidine groups is 2. The van der Waals surface area contributed by atoms with E-state index >= 15 is 0 Å². The van der Waals surface area contributed by atoms with Gasteiger partial charge in [-0.05, 0) is 6.92 Å². The van der Waals surface area contributed by atoms with Crippen LogP contribution in [0.2, 0.25) is 0 Å². The number of aryl methyl sites for hydroxylation is 1. The molecule has 1 aromatic rings. The average molecular weight is 306 g/mol. The van der Waals surface area contributed by atoms with Gasteiger partial charge in [-0.15, -0.1) is 0 Å². The predicted molar refractivity (Wildman–Crippen MR) is 84.2 cm³/mol. The first-order valence-electron chi connectivity index (χ1n) is 7.12. The number of hydrogen-bond acceptors (Lipinski definition) is 5. The van der Waals surface area contributed by atoms with E-state index in [0.717, 1.165) is 5.69 Å². The van der Waals surface area contributed by atoms with E-state index in [1.807, 2.05) is 16.7 Å². The van der Waals surface area contributed by atoms with Crippen molar-refractivity contribution in [3.05, 3.63) is 11.8 Å². The molecule has 2 heterocycles. The maximum absolute atomic E-state index is 10.9. The summed E-state index contributed by atoms with van der Waals surface area (Å²) in [7, 11) is 0. The molecule has 2 rings (SSSR count). The van der Waals surface area contributed by atoms with Gasteiger partial charge in [-0.25, -0.2) is 4.99 Å². The lowest BCUT2D eigenvalue weighted by Gasteiger charge is -2.35. The molecular formula is C13H22N8O. The molecule has 0 atom stereocenters. The molecule has 6 N–H and O–H groups in total. The number of H-pyrrole nitrogens is 1. The van der Waals surface area contributed by atoms with Crippen molar-refractivity contribution < 1.29 is 4.79 Å². The van der Waals surface area contributed by atoms with E-state index < -0.39 is 0 Å². The van der Waals surface area contributed by atoms with Crippen LogP contribution in [0.3, 0.4) is 0 Å².